The van der Waals surface area contributed by atoms with Crippen LogP contribution in [0.2, 0.25) is 0 Å². The molecule has 0 heterocycles. The maximum absolute atomic E-state index is 11.3. The highest BCUT2D eigenvalue weighted by atomic mass is 16.5. The summed E-state index contributed by atoms with van der Waals surface area (Å²) < 4.78 is 11.8. The second kappa shape index (κ2) is 8.11. The molecule has 2 fully saturated rings. The Kier molecular flexibility index (Phi) is 5.84. The molecule has 1 aromatic carbocycles. The van der Waals surface area contributed by atoms with Gasteiger partial charge in [-0.2, -0.15) is 0 Å². The van der Waals surface area contributed by atoms with E-state index in [9.17, 15) is 9.90 Å². The predicted molar refractivity (Wildman–Crippen MR) is 102 cm³/mol. The lowest BCUT2D eigenvalue weighted by atomic mass is 9.67. The van der Waals surface area contributed by atoms with Gasteiger partial charge in [0.15, 0.2) is 11.5 Å². The smallest absolute Gasteiger partial charge is 0.306 e. The number of nitrogens with zero attached hydrogens (tertiary/aromatic N) is 1. The molecule has 0 saturated heterocycles. The van der Waals surface area contributed by atoms with Crippen LogP contribution in [-0.4, -0.2) is 37.6 Å². The summed E-state index contributed by atoms with van der Waals surface area (Å²) in [5.41, 5.74) is 0.918. The van der Waals surface area contributed by atoms with Gasteiger partial charge in [-0.3, -0.25) is 9.79 Å². The van der Waals surface area contributed by atoms with E-state index in [-0.39, 0.29) is 17.4 Å². The van der Waals surface area contributed by atoms with Crippen molar-refractivity contribution in [1.82, 2.24) is 0 Å². The molecule has 0 atom stereocenters. The summed E-state index contributed by atoms with van der Waals surface area (Å²) in [4.78, 5) is 15.6. The SMILES string of the molecule is CN=CC1(c2ccc(OC)c(OC3CCCC3)c2)CCC(C(=O)O)CC1. The Morgan fingerprint density at radius 1 is 1.19 bits per heavy atom. The molecule has 3 rings (SSSR count). The number of ether oxygens (including phenoxy) is 2. The third-order valence-electron chi connectivity index (χ3n) is 5.94. The van der Waals surface area contributed by atoms with Crippen molar-refractivity contribution in [3.63, 3.8) is 0 Å². The van der Waals surface area contributed by atoms with Gasteiger partial charge in [0.05, 0.1) is 19.1 Å². The van der Waals surface area contributed by atoms with Crippen molar-refractivity contribution in [2.24, 2.45) is 10.9 Å². The van der Waals surface area contributed by atoms with Crippen LogP contribution in [0.15, 0.2) is 23.2 Å². The Labute approximate surface area is 155 Å². The Morgan fingerprint density at radius 2 is 1.88 bits per heavy atom. The molecule has 0 amide bonds. The van der Waals surface area contributed by atoms with Gasteiger partial charge in [0.1, 0.15) is 0 Å². The van der Waals surface area contributed by atoms with Crippen LogP contribution in [0.3, 0.4) is 0 Å². The third kappa shape index (κ3) is 3.87. The Morgan fingerprint density at radius 3 is 2.46 bits per heavy atom. The topological polar surface area (TPSA) is 68.1 Å². The van der Waals surface area contributed by atoms with E-state index in [1.165, 1.54) is 12.8 Å². The number of aliphatic carboxylic acids is 1. The van der Waals surface area contributed by atoms with Gasteiger partial charge in [-0.1, -0.05) is 6.07 Å². The highest BCUT2D eigenvalue weighted by Gasteiger charge is 2.38. The van der Waals surface area contributed by atoms with Crippen LogP contribution in [0.1, 0.15) is 56.9 Å². The summed E-state index contributed by atoms with van der Waals surface area (Å²) in [5.74, 6) is 0.609. The lowest BCUT2D eigenvalue weighted by Crippen LogP contribution is -2.35. The van der Waals surface area contributed by atoms with E-state index in [1.54, 1.807) is 14.2 Å². The lowest BCUT2D eigenvalue weighted by Gasteiger charge is -2.37. The van der Waals surface area contributed by atoms with Gasteiger partial charge < -0.3 is 14.6 Å². The maximum Gasteiger partial charge on any atom is 0.306 e. The van der Waals surface area contributed by atoms with Crippen LogP contribution in [0.4, 0.5) is 0 Å². The molecule has 5 heteroatoms. The number of carbonyl (C=O) groups is 1. The predicted octanol–water partition coefficient (Wildman–Crippen LogP) is 4.23. The lowest BCUT2D eigenvalue weighted by molar-refractivity contribution is -0.143. The number of hydrogen-bond acceptors (Lipinski definition) is 4. The zero-order chi connectivity index (χ0) is 18.6. The van der Waals surface area contributed by atoms with Crippen LogP contribution in [0.25, 0.3) is 0 Å². The first-order valence-electron chi connectivity index (χ1n) is 9.59. The van der Waals surface area contributed by atoms with E-state index in [4.69, 9.17) is 9.47 Å². The van der Waals surface area contributed by atoms with E-state index >= 15 is 0 Å². The van der Waals surface area contributed by atoms with E-state index in [0.717, 1.165) is 42.7 Å². The van der Waals surface area contributed by atoms with E-state index in [0.29, 0.717) is 12.8 Å². The van der Waals surface area contributed by atoms with Crippen molar-refractivity contribution in [3.05, 3.63) is 23.8 Å². The highest BCUT2D eigenvalue weighted by Crippen LogP contribution is 2.43. The van der Waals surface area contributed by atoms with Gasteiger partial charge in [0, 0.05) is 18.7 Å². The van der Waals surface area contributed by atoms with Crippen LogP contribution in [-0.2, 0) is 10.2 Å². The summed E-state index contributed by atoms with van der Waals surface area (Å²) in [6, 6.07) is 6.12. The fraction of sp³-hybridized carbons (Fsp3) is 0.619. The van der Waals surface area contributed by atoms with E-state index in [1.807, 2.05) is 12.3 Å². The minimum Gasteiger partial charge on any atom is -0.493 e. The van der Waals surface area contributed by atoms with Crippen molar-refractivity contribution in [2.45, 2.75) is 62.9 Å². The number of hydrogen-bond donors (Lipinski definition) is 1. The minimum absolute atomic E-state index is 0.221. The second-order valence-corrected chi connectivity index (χ2v) is 7.55. The Hall–Kier alpha value is -2.04. The molecule has 26 heavy (non-hydrogen) atoms. The fourth-order valence-corrected chi connectivity index (χ4v) is 4.38. The summed E-state index contributed by atoms with van der Waals surface area (Å²) in [7, 11) is 3.45. The molecular weight excluding hydrogens is 330 g/mol. The number of benzene rings is 1. The molecule has 0 aromatic heterocycles. The highest BCUT2D eigenvalue weighted by molar-refractivity contribution is 5.76. The van der Waals surface area contributed by atoms with E-state index in [2.05, 4.69) is 17.1 Å². The first-order valence-corrected chi connectivity index (χ1v) is 9.59. The second-order valence-electron chi connectivity index (χ2n) is 7.55. The fourth-order valence-electron chi connectivity index (χ4n) is 4.38. The molecule has 2 aliphatic carbocycles. The van der Waals surface area contributed by atoms with Gasteiger partial charge in [-0.05, 0) is 69.1 Å². The average molecular weight is 359 g/mol. The van der Waals surface area contributed by atoms with Crippen LogP contribution >= 0.6 is 0 Å². The zero-order valence-electron chi connectivity index (χ0n) is 15.7. The normalized spacial score (nSPS) is 26.9. The van der Waals surface area contributed by atoms with Crippen molar-refractivity contribution in [3.8, 4) is 11.5 Å². The van der Waals surface area contributed by atoms with Gasteiger partial charge in [-0.25, -0.2) is 0 Å². The number of rotatable bonds is 6. The van der Waals surface area contributed by atoms with Crippen LogP contribution < -0.4 is 9.47 Å². The zero-order valence-corrected chi connectivity index (χ0v) is 15.7. The van der Waals surface area contributed by atoms with Crippen molar-refractivity contribution < 1.29 is 19.4 Å². The number of aliphatic imine (C=N–C) groups is 1. The van der Waals surface area contributed by atoms with Gasteiger partial charge in [0.25, 0.3) is 0 Å². The monoisotopic (exact) mass is 359 g/mol. The van der Waals surface area contributed by atoms with Gasteiger partial charge in [0.2, 0.25) is 0 Å². The first kappa shape index (κ1) is 18.7. The molecule has 1 aromatic rings. The molecular formula is C21H29NO4. The Balaban J connectivity index is 1.88. The van der Waals surface area contributed by atoms with E-state index < -0.39 is 5.97 Å². The molecule has 1 N–H and O–H groups in total. The molecule has 0 bridgehead atoms. The molecule has 0 aliphatic heterocycles. The van der Waals surface area contributed by atoms with Gasteiger partial charge in [-0.15, -0.1) is 0 Å². The maximum atomic E-state index is 11.3. The number of carboxylic acid groups (broad SMARTS) is 1. The molecule has 0 radical (unpaired) electrons. The molecule has 0 spiro atoms. The van der Waals surface area contributed by atoms with Crippen molar-refractivity contribution in [2.75, 3.05) is 14.2 Å². The summed E-state index contributed by atoms with van der Waals surface area (Å²) in [6.45, 7) is 0. The molecule has 142 valence electrons. The summed E-state index contributed by atoms with van der Waals surface area (Å²) >= 11 is 0. The summed E-state index contributed by atoms with van der Waals surface area (Å²) in [6.07, 6.45) is 9.80. The van der Waals surface area contributed by atoms with Crippen molar-refractivity contribution in [1.29, 1.82) is 0 Å². The van der Waals surface area contributed by atoms with Gasteiger partial charge >= 0.3 is 5.97 Å². The van der Waals surface area contributed by atoms with Crippen LogP contribution in [0.5, 0.6) is 11.5 Å². The van der Waals surface area contributed by atoms with Crippen molar-refractivity contribution >= 4 is 12.2 Å². The quantitative estimate of drug-likeness (QED) is 0.772. The average Bonchev–Trinajstić information content (AvgIpc) is 3.15. The number of carboxylic acids is 1. The Bertz CT molecular complexity index is 656. The minimum atomic E-state index is -0.688. The third-order valence-corrected chi connectivity index (χ3v) is 5.94. The first-order chi connectivity index (χ1) is 12.6. The standard InChI is InChI=1S/C21H29NO4/c1-22-14-21(11-9-15(10-12-21)20(23)24)16-7-8-18(25-2)19(13-16)26-17-5-3-4-6-17/h7-8,13-15,17H,3-6,9-12H2,1-2H3,(H,23,24). The molecule has 2 aliphatic rings. The molecule has 2 saturated carbocycles. The largest absolute Gasteiger partial charge is 0.493 e. The molecule has 0 unspecified atom stereocenters. The number of methoxy groups -OCH3 is 1. The molecule has 5 nitrogen and oxygen atoms in total. The van der Waals surface area contributed by atoms with Crippen LogP contribution in [0, 0.1) is 5.92 Å². The summed E-state index contributed by atoms with van der Waals surface area (Å²) in [5, 5.41) is 9.31.